The Morgan fingerprint density at radius 2 is 2.13 bits per heavy atom. The molecule has 0 bridgehead atoms. The molecule has 0 spiro atoms. The molecule has 2 aromatic rings. The van der Waals surface area contributed by atoms with Crippen molar-refractivity contribution in [1.82, 2.24) is 10.1 Å². The van der Waals surface area contributed by atoms with Crippen molar-refractivity contribution >= 4 is 6.01 Å². The second-order valence-corrected chi connectivity index (χ2v) is 3.19. The van der Waals surface area contributed by atoms with Crippen molar-refractivity contribution in [3.8, 4) is 11.4 Å². The summed E-state index contributed by atoms with van der Waals surface area (Å²) in [5, 5.41) is 6.44. The molecule has 0 amide bonds. The third-order valence-electron chi connectivity index (χ3n) is 1.94. The van der Waals surface area contributed by atoms with Crippen molar-refractivity contribution in [2.75, 3.05) is 12.4 Å². The third-order valence-corrected chi connectivity index (χ3v) is 1.94. The molecule has 4 nitrogen and oxygen atoms in total. The molecule has 15 heavy (non-hydrogen) atoms. The second kappa shape index (κ2) is 3.68. The molecule has 0 unspecified atom stereocenters. The molecule has 0 atom stereocenters. The van der Waals surface area contributed by atoms with Crippen LogP contribution in [0.1, 0.15) is 5.56 Å². The van der Waals surface area contributed by atoms with Gasteiger partial charge in [-0.05, 0) is 30.7 Å². The summed E-state index contributed by atoms with van der Waals surface area (Å²) < 4.78 is 18.0. The standard InChI is InChI=1S/C10H10FN3O/c1-6-3-7(5-8(11)4-6)9-13-10(12-2)15-14-9/h3-5H,1-2H3,(H,12,13,14). The van der Waals surface area contributed by atoms with Crippen LogP contribution in [0.3, 0.4) is 0 Å². The predicted octanol–water partition coefficient (Wildman–Crippen LogP) is 2.23. The number of rotatable bonds is 2. The van der Waals surface area contributed by atoms with Crippen LogP contribution in [0.2, 0.25) is 0 Å². The van der Waals surface area contributed by atoms with Crippen molar-refractivity contribution in [2.45, 2.75) is 6.92 Å². The van der Waals surface area contributed by atoms with Crippen molar-refractivity contribution in [1.29, 1.82) is 0 Å². The molecule has 1 N–H and O–H groups in total. The first-order valence-corrected chi connectivity index (χ1v) is 4.48. The summed E-state index contributed by atoms with van der Waals surface area (Å²) in [6, 6.07) is 4.93. The Balaban J connectivity index is 2.44. The number of nitrogens with one attached hydrogen (secondary N) is 1. The number of aromatic nitrogens is 2. The van der Waals surface area contributed by atoms with E-state index in [4.69, 9.17) is 4.52 Å². The van der Waals surface area contributed by atoms with Crippen molar-refractivity contribution in [2.24, 2.45) is 0 Å². The number of aryl methyl sites for hydroxylation is 1. The number of anilines is 1. The summed E-state index contributed by atoms with van der Waals surface area (Å²) in [6.07, 6.45) is 0. The van der Waals surface area contributed by atoms with E-state index in [-0.39, 0.29) is 5.82 Å². The van der Waals surface area contributed by atoms with Gasteiger partial charge in [0, 0.05) is 12.6 Å². The van der Waals surface area contributed by atoms with Crippen molar-refractivity contribution in [3.63, 3.8) is 0 Å². The number of halogens is 1. The molecular formula is C10H10FN3O. The van der Waals surface area contributed by atoms with Gasteiger partial charge in [-0.2, -0.15) is 4.98 Å². The largest absolute Gasteiger partial charge is 0.341 e. The first kappa shape index (κ1) is 9.64. The van der Waals surface area contributed by atoms with Gasteiger partial charge >= 0.3 is 6.01 Å². The zero-order valence-corrected chi connectivity index (χ0v) is 8.41. The Labute approximate surface area is 86.1 Å². The van der Waals surface area contributed by atoms with Gasteiger partial charge in [-0.3, -0.25) is 0 Å². The molecule has 5 heteroatoms. The highest BCUT2D eigenvalue weighted by molar-refractivity contribution is 5.56. The van der Waals surface area contributed by atoms with Crippen LogP contribution >= 0.6 is 0 Å². The van der Waals surface area contributed by atoms with Gasteiger partial charge in [0.25, 0.3) is 0 Å². The summed E-state index contributed by atoms with van der Waals surface area (Å²) in [5.74, 6) is 0.0720. The minimum atomic E-state index is -0.305. The van der Waals surface area contributed by atoms with Crippen LogP contribution in [-0.4, -0.2) is 17.2 Å². The van der Waals surface area contributed by atoms with E-state index in [1.165, 1.54) is 12.1 Å². The minimum Gasteiger partial charge on any atom is -0.341 e. The quantitative estimate of drug-likeness (QED) is 0.820. The summed E-state index contributed by atoms with van der Waals surface area (Å²) in [6.45, 7) is 1.81. The second-order valence-electron chi connectivity index (χ2n) is 3.19. The van der Waals surface area contributed by atoms with Crippen LogP contribution in [0.15, 0.2) is 22.7 Å². The number of benzene rings is 1. The van der Waals surface area contributed by atoms with Gasteiger partial charge in [0.15, 0.2) is 0 Å². The van der Waals surface area contributed by atoms with Gasteiger partial charge in [-0.1, -0.05) is 5.16 Å². The third kappa shape index (κ3) is 1.96. The van der Waals surface area contributed by atoms with Crippen LogP contribution in [0.25, 0.3) is 11.4 Å². The van der Waals surface area contributed by atoms with Crippen LogP contribution in [-0.2, 0) is 0 Å². The summed E-state index contributed by atoms with van der Waals surface area (Å²) in [4.78, 5) is 4.03. The molecule has 0 saturated carbocycles. The maximum Gasteiger partial charge on any atom is 0.321 e. The first-order valence-electron chi connectivity index (χ1n) is 4.48. The molecule has 78 valence electrons. The summed E-state index contributed by atoms with van der Waals surface area (Å²) >= 11 is 0. The highest BCUT2D eigenvalue weighted by Gasteiger charge is 2.08. The van der Waals surface area contributed by atoms with Crippen LogP contribution in [0.5, 0.6) is 0 Å². The summed E-state index contributed by atoms with van der Waals surface area (Å²) in [7, 11) is 1.67. The van der Waals surface area contributed by atoms with E-state index in [2.05, 4.69) is 15.5 Å². The highest BCUT2D eigenvalue weighted by Crippen LogP contribution is 2.19. The zero-order chi connectivity index (χ0) is 10.8. The predicted molar refractivity (Wildman–Crippen MR) is 54.0 cm³/mol. The van der Waals surface area contributed by atoms with Gasteiger partial charge in [-0.15, -0.1) is 0 Å². The smallest absolute Gasteiger partial charge is 0.321 e. The maximum atomic E-state index is 13.1. The Kier molecular flexibility index (Phi) is 2.37. The topological polar surface area (TPSA) is 51.0 Å². The van der Waals surface area contributed by atoms with E-state index in [0.717, 1.165) is 5.56 Å². The van der Waals surface area contributed by atoms with E-state index < -0.39 is 0 Å². The molecule has 0 saturated heterocycles. The Morgan fingerprint density at radius 3 is 2.73 bits per heavy atom. The van der Waals surface area contributed by atoms with Crippen LogP contribution in [0.4, 0.5) is 10.4 Å². The number of hydrogen-bond donors (Lipinski definition) is 1. The van der Waals surface area contributed by atoms with Gasteiger partial charge in [0.2, 0.25) is 5.82 Å². The van der Waals surface area contributed by atoms with Gasteiger partial charge < -0.3 is 9.84 Å². The first-order chi connectivity index (χ1) is 7.19. The van der Waals surface area contributed by atoms with Gasteiger partial charge in [0.1, 0.15) is 5.82 Å². The molecule has 1 aromatic carbocycles. The maximum absolute atomic E-state index is 13.1. The molecule has 0 radical (unpaired) electrons. The van der Waals surface area contributed by atoms with Gasteiger partial charge in [0.05, 0.1) is 0 Å². The molecule has 0 fully saturated rings. The lowest BCUT2D eigenvalue weighted by Crippen LogP contribution is -1.88. The SMILES string of the molecule is CNc1nc(-c2cc(C)cc(F)c2)no1. The van der Waals surface area contributed by atoms with E-state index in [0.29, 0.717) is 17.4 Å². The van der Waals surface area contributed by atoms with Crippen molar-refractivity contribution < 1.29 is 8.91 Å². The fourth-order valence-corrected chi connectivity index (χ4v) is 1.31. The number of hydrogen-bond acceptors (Lipinski definition) is 4. The molecule has 0 aliphatic carbocycles. The highest BCUT2D eigenvalue weighted by atomic mass is 19.1. The van der Waals surface area contributed by atoms with Crippen LogP contribution in [0, 0.1) is 12.7 Å². The molecular weight excluding hydrogens is 197 g/mol. The Hall–Kier alpha value is -1.91. The average molecular weight is 207 g/mol. The van der Waals surface area contributed by atoms with Crippen molar-refractivity contribution in [3.05, 3.63) is 29.6 Å². The lowest BCUT2D eigenvalue weighted by atomic mass is 10.1. The molecule has 0 aliphatic heterocycles. The zero-order valence-electron chi connectivity index (χ0n) is 8.41. The van der Waals surface area contributed by atoms with Gasteiger partial charge in [-0.25, -0.2) is 4.39 Å². The Morgan fingerprint density at radius 1 is 1.33 bits per heavy atom. The number of nitrogens with zero attached hydrogens (tertiary/aromatic N) is 2. The van der Waals surface area contributed by atoms with E-state index in [9.17, 15) is 4.39 Å². The molecule has 1 aromatic heterocycles. The summed E-state index contributed by atoms with van der Waals surface area (Å²) in [5.41, 5.74) is 1.43. The Bertz CT molecular complexity index is 461. The normalized spacial score (nSPS) is 10.3. The molecule has 2 rings (SSSR count). The monoisotopic (exact) mass is 207 g/mol. The fourth-order valence-electron chi connectivity index (χ4n) is 1.31. The average Bonchev–Trinajstić information content (AvgIpc) is 2.64. The minimum absolute atomic E-state index is 0.305. The molecule has 1 heterocycles. The van der Waals surface area contributed by atoms with E-state index >= 15 is 0 Å². The lowest BCUT2D eigenvalue weighted by molar-refractivity contribution is 0.434. The van der Waals surface area contributed by atoms with Crippen LogP contribution < -0.4 is 5.32 Å². The van der Waals surface area contributed by atoms with E-state index in [1.807, 2.05) is 6.92 Å². The molecule has 0 aliphatic rings. The fraction of sp³-hybridized carbons (Fsp3) is 0.200. The lowest BCUT2D eigenvalue weighted by Gasteiger charge is -1.97. The van der Waals surface area contributed by atoms with E-state index in [1.54, 1.807) is 13.1 Å².